The summed E-state index contributed by atoms with van der Waals surface area (Å²) in [7, 11) is 0. The van der Waals surface area contributed by atoms with Crippen LogP contribution >= 0.6 is 11.6 Å². The van der Waals surface area contributed by atoms with Gasteiger partial charge in [0.15, 0.2) is 0 Å². The maximum absolute atomic E-state index is 15.3. The molecule has 2 N–H and O–H groups in total. The van der Waals surface area contributed by atoms with Gasteiger partial charge in [0.25, 0.3) is 0 Å². The van der Waals surface area contributed by atoms with Crippen LogP contribution in [0.1, 0.15) is 46.3 Å². The zero-order valence-corrected chi connectivity index (χ0v) is 24.1. The summed E-state index contributed by atoms with van der Waals surface area (Å²) in [5.41, 5.74) is 3.04. The molecule has 4 aromatic rings. The Kier molecular flexibility index (Phi) is 10.9. The van der Waals surface area contributed by atoms with E-state index in [1.807, 2.05) is 12.1 Å². The zero-order valence-electron chi connectivity index (χ0n) is 23.4. The Morgan fingerprint density at radius 2 is 1.42 bits per heavy atom. The normalized spacial score (nSPS) is 11.4. The molecule has 0 atom stereocenters. The van der Waals surface area contributed by atoms with Gasteiger partial charge in [-0.25, -0.2) is 4.79 Å². The fraction of sp³-hybridized carbons (Fsp3) is 0.235. The lowest BCUT2D eigenvalue weighted by Gasteiger charge is -2.24. The van der Waals surface area contributed by atoms with Crippen LogP contribution in [0.25, 0.3) is 11.1 Å². The van der Waals surface area contributed by atoms with E-state index in [1.54, 1.807) is 54.6 Å². The van der Waals surface area contributed by atoms with Gasteiger partial charge in [-0.2, -0.15) is 8.78 Å². The van der Waals surface area contributed by atoms with E-state index < -0.39 is 18.0 Å². The number of hydrogen-bond acceptors (Lipinski definition) is 4. The Hall–Kier alpha value is -4.27. The van der Waals surface area contributed by atoms with Crippen molar-refractivity contribution in [2.75, 3.05) is 13.1 Å². The van der Waals surface area contributed by atoms with E-state index in [1.165, 1.54) is 30.3 Å². The summed E-state index contributed by atoms with van der Waals surface area (Å²) in [5, 5.41) is 18.7. The average molecular weight is 608 g/mol. The number of alkyl halides is 2. The second-order valence-corrected chi connectivity index (χ2v) is 10.6. The summed E-state index contributed by atoms with van der Waals surface area (Å²) in [6.07, 6.45) is -1.95. The number of rotatable bonds is 15. The van der Waals surface area contributed by atoms with Gasteiger partial charge in [-0.05, 0) is 90.5 Å². The number of carbonyl (C=O) groups is 2. The Morgan fingerprint density at radius 3 is 2.05 bits per heavy atom. The number of nitrogens with zero attached hydrogens (tertiary/aromatic N) is 1. The Labute approximate surface area is 254 Å². The molecule has 0 amide bonds. The second-order valence-electron chi connectivity index (χ2n) is 10.2. The van der Waals surface area contributed by atoms with Gasteiger partial charge in [-0.1, -0.05) is 66.2 Å². The smallest absolute Gasteiger partial charge is 0.426 e. The molecule has 0 aliphatic rings. The molecule has 0 fully saturated rings. The summed E-state index contributed by atoms with van der Waals surface area (Å²) < 4.78 is 35.9. The van der Waals surface area contributed by atoms with E-state index in [-0.39, 0.29) is 23.3 Å². The summed E-state index contributed by atoms with van der Waals surface area (Å²) in [5.74, 6) is -1.80. The van der Waals surface area contributed by atoms with Gasteiger partial charge in [-0.3, -0.25) is 9.69 Å². The summed E-state index contributed by atoms with van der Waals surface area (Å²) in [6, 6.07) is 26.3. The summed E-state index contributed by atoms with van der Waals surface area (Å²) >= 11 is 5.95. The molecule has 6 nitrogen and oxygen atoms in total. The van der Waals surface area contributed by atoms with E-state index in [9.17, 15) is 14.7 Å². The van der Waals surface area contributed by atoms with Crippen molar-refractivity contribution in [2.45, 2.75) is 38.3 Å². The maximum Gasteiger partial charge on any atom is 0.426 e. The number of unbranched alkanes of at least 4 members (excludes halogenated alkanes) is 1. The highest BCUT2D eigenvalue weighted by Gasteiger charge is 2.35. The number of carboxylic acid groups (broad SMARTS) is 2. The molecule has 4 rings (SSSR count). The van der Waals surface area contributed by atoms with Crippen molar-refractivity contribution < 1.29 is 33.3 Å². The van der Waals surface area contributed by atoms with Crippen LogP contribution in [0.3, 0.4) is 0 Å². The van der Waals surface area contributed by atoms with Crippen LogP contribution < -0.4 is 4.74 Å². The number of aromatic carboxylic acids is 1. The quantitative estimate of drug-likeness (QED) is 0.133. The molecule has 0 aromatic heterocycles. The third-order valence-electron chi connectivity index (χ3n) is 7.03. The first-order valence-electron chi connectivity index (χ1n) is 13.9. The lowest BCUT2D eigenvalue weighted by atomic mass is 10.0. The van der Waals surface area contributed by atoms with Gasteiger partial charge < -0.3 is 14.9 Å². The standard InChI is InChI=1S/C34H32ClF2NO5/c35-30-18-14-26(15-19-30)25-12-16-29(17-13-25)34(36,37)43-31-6-2-1-5-27(31)20-22-38(21-4-3-7-32(39)40)23-24-8-10-28(11-9-24)33(41)42/h1-2,5-6,8-19H,3-4,7,20-23H2,(H,39,40)(H,41,42). The van der Waals surface area contributed by atoms with Crippen molar-refractivity contribution in [2.24, 2.45) is 0 Å². The number of hydrogen-bond donors (Lipinski definition) is 2. The maximum atomic E-state index is 15.3. The van der Waals surface area contributed by atoms with Crippen molar-refractivity contribution in [3.63, 3.8) is 0 Å². The highest BCUT2D eigenvalue weighted by molar-refractivity contribution is 6.30. The highest BCUT2D eigenvalue weighted by Crippen LogP contribution is 2.35. The van der Waals surface area contributed by atoms with Gasteiger partial charge in [0.2, 0.25) is 0 Å². The lowest BCUT2D eigenvalue weighted by molar-refractivity contribution is -0.185. The third-order valence-corrected chi connectivity index (χ3v) is 7.28. The monoisotopic (exact) mass is 607 g/mol. The second kappa shape index (κ2) is 14.8. The van der Waals surface area contributed by atoms with Gasteiger partial charge in [0.05, 0.1) is 11.1 Å². The number of halogens is 3. The molecule has 0 saturated carbocycles. The number of ether oxygens (including phenoxy) is 1. The number of carboxylic acids is 2. The Bertz CT molecular complexity index is 1510. The van der Waals surface area contributed by atoms with Gasteiger partial charge in [0.1, 0.15) is 5.75 Å². The number of aliphatic carboxylic acids is 1. The minimum Gasteiger partial charge on any atom is -0.481 e. The third kappa shape index (κ3) is 9.36. The van der Waals surface area contributed by atoms with E-state index in [2.05, 4.69) is 4.90 Å². The molecule has 0 aliphatic carbocycles. The minimum atomic E-state index is -3.57. The van der Waals surface area contributed by atoms with Crippen molar-refractivity contribution in [1.29, 1.82) is 0 Å². The zero-order chi connectivity index (χ0) is 30.8. The molecule has 224 valence electrons. The molecule has 0 aliphatic heterocycles. The first-order chi connectivity index (χ1) is 20.6. The van der Waals surface area contributed by atoms with Crippen LogP contribution in [0.2, 0.25) is 5.02 Å². The molecule has 9 heteroatoms. The van der Waals surface area contributed by atoms with Crippen molar-refractivity contribution >= 4 is 23.5 Å². The van der Waals surface area contributed by atoms with E-state index in [0.29, 0.717) is 49.5 Å². The molecule has 0 unspecified atom stereocenters. The fourth-order valence-corrected chi connectivity index (χ4v) is 4.80. The molecule has 0 heterocycles. The van der Waals surface area contributed by atoms with Crippen LogP contribution in [-0.4, -0.2) is 40.1 Å². The lowest BCUT2D eigenvalue weighted by Crippen LogP contribution is -2.27. The number of para-hydroxylation sites is 1. The van der Waals surface area contributed by atoms with E-state index in [0.717, 1.165) is 16.7 Å². The van der Waals surface area contributed by atoms with Crippen molar-refractivity contribution in [1.82, 2.24) is 4.90 Å². The molecule has 43 heavy (non-hydrogen) atoms. The van der Waals surface area contributed by atoms with Gasteiger partial charge in [-0.15, -0.1) is 0 Å². The van der Waals surface area contributed by atoms with Crippen molar-refractivity contribution in [3.05, 3.63) is 124 Å². The average Bonchev–Trinajstić information content (AvgIpc) is 2.99. The molecule has 0 radical (unpaired) electrons. The molecular formula is C34H32ClF2NO5. The highest BCUT2D eigenvalue weighted by atomic mass is 35.5. The largest absolute Gasteiger partial charge is 0.481 e. The van der Waals surface area contributed by atoms with E-state index in [4.69, 9.17) is 21.4 Å². The Morgan fingerprint density at radius 1 is 0.791 bits per heavy atom. The summed E-state index contributed by atoms with van der Waals surface area (Å²) in [6.45, 7) is 1.58. The first-order valence-corrected chi connectivity index (χ1v) is 14.3. The van der Waals surface area contributed by atoms with Crippen LogP contribution in [0.5, 0.6) is 5.75 Å². The van der Waals surface area contributed by atoms with Crippen molar-refractivity contribution in [3.8, 4) is 16.9 Å². The fourth-order valence-electron chi connectivity index (χ4n) is 4.68. The van der Waals surface area contributed by atoms with E-state index >= 15 is 8.78 Å². The summed E-state index contributed by atoms with van der Waals surface area (Å²) in [4.78, 5) is 24.2. The molecular weight excluding hydrogens is 576 g/mol. The Balaban J connectivity index is 1.44. The number of benzene rings is 4. The molecule has 0 spiro atoms. The van der Waals surface area contributed by atoms with Crippen LogP contribution in [0.4, 0.5) is 8.78 Å². The molecule has 0 saturated heterocycles. The molecule has 0 bridgehead atoms. The molecule has 4 aromatic carbocycles. The predicted octanol–water partition coefficient (Wildman–Crippen LogP) is 8.13. The minimum absolute atomic E-state index is 0.0631. The predicted molar refractivity (Wildman–Crippen MR) is 162 cm³/mol. The van der Waals surface area contributed by atoms with Crippen LogP contribution in [0.15, 0.2) is 97.1 Å². The van der Waals surface area contributed by atoms with Crippen LogP contribution in [-0.2, 0) is 23.9 Å². The topological polar surface area (TPSA) is 87.1 Å². The van der Waals surface area contributed by atoms with Gasteiger partial charge >= 0.3 is 18.0 Å². The van der Waals surface area contributed by atoms with Gasteiger partial charge in [0, 0.05) is 24.5 Å². The SMILES string of the molecule is O=C(O)CCCCN(CCc1ccccc1OC(F)(F)c1ccc(-c2ccc(Cl)cc2)cc1)Cc1ccc(C(=O)O)cc1. The van der Waals surface area contributed by atoms with Crippen LogP contribution in [0, 0.1) is 0 Å². The first kappa shape index (κ1) is 31.7.